The predicted octanol–water partition coefficient (Wildman–Crippen LogP) is 3.45. The molecule has 0 radical (unpaired) electrons. The van der Waals surface area contributed by atoms with Gasteiger partial charge in [-0.2, -0.15) is 0 Å². The van der Waals surface area contributed by atoms with Crippen LogP contribution in [0.25, 0.3) is 0 Å². The third kappa shape index (κ3) is 5.55. The van der Waals surface area contributed by atoms with E-state index in [1.807, 2.05) is 42.5 Å². The van der Waals surface area contributed by atoms with Gasteiger partial charge in [0.1, 0.15) is 0 Å². The number of para-hydroxylation sites is 2. The van der Waals surface area contributed by atoms with Gasteiger partial charge in [-0.05, 0) is 43.5 Å². The first-order chi connectivity index (χ1) is 13.0. The molecular weight excluding hydrogens is 338 g/mol. The molecule has 5 heteroatoms. The molecule has 0 bridgehead atoms. The Labute approximate surface area is 161 Å². The number of anilines is 2. The van der Waals surface area contributed by atoms with Crippen molar-refractivity contribution in [1.29, 1.82) is 0 Å². The van der Waals surface area contributed by atoms with Crippen LogP contribution >= 0.6 is 0 Å². The fraction of sp³-hybridized carbons (Fsp3) is 0.409. The van der Waals surface area contributed by atoms with E-state index >= 15 is 0 Å². The van der Waals surface area contributed by atoms with Crippen molar-refractivity contribution in [3.8, 4) is 0 Å². The number of nitrogens with zero attached hydrogens (tertiary/aromatic N) is 1. The summed E-state index contributed by atoms with van der Waals surface area (Å²) in [6.45, 7) is 6.82. The fourth-order valence-electron chi connectivity index (χ4n) is 3.66. The number of hydrogen-bond donors (Lipinski definition) is 2. The summed E-state index contributed by atoms with van der Waals surface area (Å²) in [5.41, 5.74) is 9.73. The SMILES string of the molecule is CC1CN(Cc2ccccc2NC(=O)CCc2ccccc2N)CC(C)O1. The van der Waals surface area contributed by atoms with Gasteiger partial charge in [0.15, 0.2) is 0 Å². The van der Waals surface area contributed by atoms with Crippen molar-refractivity contribution in [2.24, 2.45) is 0 Å². The minimum absolute atomic E-state index is 0.00872. The molecule has 0 aliphatic carbocycles. The normalized spacial score (nSPS) is 20.4. The number of ether oxygens (including phenoxy) is 1. The molecule has 2 aromatic carbocycles. The molecule has 144 valence electrons. The van der Waals surface area contributed by atoms with E-state index in [2.05, 4.69) is 30.1 Å². The summed E-state index contributed by atoms with van der Waals surface area (Å²) in [6, 6.07) is 15.7. The van der Waals surface area contributed by atoms with E-state index in [1.165, 1.54) is 0 Å². The Bertz CT molecular complexity index is 768. The molecule has 1 aliphatic rings. The third-order valence-electron chi connectivity index (χ3n) is 4.86. The van der Waals surface area contributed by atoms with Gasteiger partial charge in [-0.25, -0.2) is 0 Å². The van der Waals surface area contributed by atoms with Crippen molar-refractivity contribution in [2.45, 2.75) is 45.4 Å². The van der Waals surface area contributed by atoms with Crippen molar-refractivity contribution < 1.29 is 9.53 Å². The molecule has 1 saturated heterocycles. The molecule has 5 nitrogen and oxygen atoms in total. The lowest BCUT2D eigenvalue weighted by Crippen LogP contribution is -2.44. The van der Waals surface area contributed by atoms with Crippen molar-refractivity contribution in [1.82, 2.24) is 4.90 Å². The van der Waals surface area contributed by atoms with Gasteiger partial charge in [-0.3, -0.25) is 9.69 Å². The third-order valence-corrected chi connectivity index (χ3v) is 4.86. The summed E-state index contributed by atoms with van der Waals surface area (Å²) >= 11 is 0. The molecule has 2 atom stereocenters. The summed E-state index contributed by atoms with van der Waals surface area (Å²) in [5, 5.41) is 3.07. The second-order valence-electron chi connectivity index (χ2n) is 7.36. The highest BCUT2D eigenvalue weighted by atomic mass is 16.5. The highest BCUT2D eigenvalue weighted by molar-refractivity contribution is 5.91. The van der Waals surface area contributed by atoms with E-state index in [-0.39, 0.29) is 18.1 Å². The summed E-state index contributed by atoms with van der Waals surface area (Å²) in [4.78, 5) is 14.8. The number of nitrogens with two attached hydrogens (primary N) is 1. The van der Waals surface area contributed by atoms with Crippen LogP contribution in [0.2, 0.25) is 0 Å². The van der Waals surface area contributed by atoms with Gasteiger partial charge in [0, 0.05) is 37.4 Å². The maximum atomic E-state index is 12.5. The standard InChI is InChI=1S/C22H29N3O2/c1-16-13-25(14-17(2)27-16)15-19-8-4-6-10-21(19)24-22(26)12-11-18-7-3-5-9-20(18)23/h3-10,16-17H,11-15,23H2,1-2H3,(H,24,26). The van der Waals surface area contributed by atoms with Gasteiger partial charge in [-0.15, -0.1) is 0 Å². The lowest BCUT2D eigenvalue weighted by atomic mass is 10.1. The first kappa shape index (κ1) is 19.4. The monoisotopic (exact) mass is 367 g/mol. The molecule has 3 N–H and O–H groups in total. The summed E-state index contributed by atoms with van der Waals surface area (Å²) in [5.74, 6) is 0.00872. The molecule has 1 heterocycles. The minimum atomic E-state index is 0.00872. The molecule has 3 rings (SSSR count). The van der Waals surface area contributed by atoms with E-state index in [4.69, 9.17) is 10.5 Å². The summed E-state index contributed by atoms with van der Waals surface area (Å²) in [7, 11) is 0. The second kappa shape index (κ2) is 9.02. The first-order valence-electron chi connectivity index (χ1n) is 9.60. The lowest BCUT2D eigenvalue weighted by molar-refractivity contribution is -0.116. The summed E-state index contributed by atoms with van der Waals surface area (Å²) < 4.78 is 5.81. The zero-order chi connectivity index (χ0) is 19.2. The van der Waals surface area contributed by atoms with Crippen LogP contribution in [-0.2, 0) is 22.5 Å². The number of rotatable bonds is 6. The molecule has 1 fully saturated rings. The Balaban J connectivity index is 1.60. The lowest BCUT2D eigenvalue weighted by Gasteiger charge is -2.35. The molecule has 2 aromatic rings. The van der Waals surface area contributed by atoms with E-state index in [0.717, 1.165) is 42.1 Å². The van der Waals surface area contributed by atoms with Crippen LogP contribution < -0.4 is 11.1 Å². The van der Waals surface area contributed by atoms with E-state index in [0.29, 0.717) is 12.8 Å². The van der Waals surface area contributed by atoms with Crippen molar-refractivity contribution >= 4 is 17.3 Å². The number of benzene rings is 2. The van der Waals surface area contributed by atoms with Crippen LogP contribution in [0.15, 0.2) is 48.5 Å². The van der Waals surface area contributed by atoms with Gasteiger partial charge >= 0.3 is 0 Å². The average molecular weight is 367 g/mol. The van der Waals surface area contributed by atoms with Crippen molar-refractivity contribution in [2.75, 3.05) is 24.1 Å². The Morgan fingerprint density at radius 3 is 2.41 bits per heavy atom. The minimum Gasteiger partial charge on any atom is -0.399 e. The maximum Gasteiger partial charge on any atom is 0.224 e. The highest BCUT2D eigenvalue weighted by Crippen LogP contribution is 2.21. The topological polar surface area (TPSA) is 67.6 Å². The summed E-state index contributed by atoms with van der Waals surface area (Å²) in [6.07, 6.45) is 1.51. The smallest absolute Gasteiger partial charge is 0.224 e. The van der Waals surface area contributed by atoms with Gasteiger partial charge in [0.05, 0.1) is 12.2 Å². The Hall–Kier alpha value is -2.37. The number of aryl methyl sites for hydroxylation is 1. The largest absolute Gasteiger partial charge is 0.399 e. The van der Waals surface area contributed by atoms with Crippen LogP contribution in [0.5, 0.6) is 0 Å². The van der Waals surface area contributed by atoms with Crippen LogP contribution in [0.4, 0.5) is 11.4 Å². The highest BCUT2D eigenvalue weighted by Gasteiger charge is 2.22. The number of nitrogen functional groups attached to an aromatic ring is 1. The predicted molar refractivity (Wildman–Crippen MR) is 110 cm³/mol. The molecule has 0 spiro atoms. The molecule has 0 saturated carbocycles. The molecule has 27 heavy (non-hydrogen) atoms. The maximum absolute atomic E-state index is 12.5. The number of amides is 1. The van der Waals surface area contributed by atoms with E-state index in [1.54, 1.807) is 0 Å². The first-order valence-corrected chi connectivity index (χ1v) is 9.60. The van der Waals surface area contributed by atoms with E-state index in [9.17, 15) is 4.79 Å². The Morgan fingerprint density at radius 1 is 1.07 bits per heavy atom. The molecule has 1 aliphatic heterocycles. The van der Waals surface area contributed by atoms with Gasteiger partial charge in [-0.1, -0.05) is 36.4 Å². The Morgan fingerprint density at radius 2 is 1.70 bits per heavy atom. The van der Waals surface area contributed by atoms with Crippen molar-refractivity contribution in [3.05, 3.63) is 59.7 Å². The number of morpholine rings is 1. The van der Waals surface area contributed by atoms with Crippen LogP contribution in [0.3, 0.4) is 0 Å². The molecule has 1 amide bonds. The molecule has 2 unspecified atom stereocenters. The average Bonchev–Trinajstić information content (AvgIpc) is 2.62. The number of carbonyl (C=O) groups is 1. The number of hydrogen-bond acceptors (Lipinski definition) is 4. The number of carbonyl (C=O) groups excluding carboxylic acids is 1. The number of nitrogens with one attached hydrogen (secondary N) is 1. The van der Waals surface area contributed by atoms with Gasteiger partial charge in [0.2, 0.25) is 5.91 Å². The quantitative estimate of drug-likeness (QED) is 0.768. The van der Waals surface area contributed by atoms with E-state index < -0.39 is 0 Å². The zero-order valence-corrected chi connectivity index (χ0v) is 16.2. The zero-order valence-electron chi connectivity index (χ0n) is 16.2. The van der Waals surface area contributed by atoms with Gasteiger partial charge < -0.3 is 15.8 Å². The van der Waals surface area contributed by atoms with Crippen LogP contribution in [0, 0.1) is 0 Å². The Kier molecular flexibility index (Phi) is 6.48. The van der Waals surface area contributed by atoms with Gasteiger partial charge in [0.25, 0.3) is 0 Å². The molecule has 0 aromatic heterocycles. The fourth-order valence-corrected chi connectivity index (χ4v) is 3.66. The van der Waals surface area contributed by atoms with Crippen molar-refractivity contribution in [3.63, 3.8) is 0 Å². The van der Waals surface area contributed by atoms with Crippen LogP contribution in [-0.4, -0.2) is 36.1 Å². The second-order valence-corrected chi connectivity index (χ2v) is 7.36. The molecular formula is C22H29N3O2. The van der Waals surface area contributed by atoms with Crippen LogP contribution in [0.1, 0.15) is 31.4 Å².